The molecule has 0 fully saturated rings. The Morgan fingerprint density at radius 2 is 2.11 bits per heavy atom. The van der Waals surface area contributed by atoms with Crippen LogP contribution in [0.1, 0.15) is 26.6 Å². The third-order valence-electron chi connectivity index (χ3n) is 3.87. The molecule has 3 rings (SSSR count). The molecule has 140 valence electrons. The summed E-state index contributed by atoms with van der Waals surface area (Å²) in [6, 6.07) is 4.34. The SMILES string of the molecule is COC(=O)c1sc2nc(/C(Cl)=C/c3ccc(OC)c(F)c3)[nH]c(=O)c2c1C. The minimum Gasteiger partial charge on any atom is -0.494 e. The Hall–Kier alpha value is -2.71. The van der Waals surface area contributed by atoms with Crippen molar-refractivity contribution in [2.24, 2.45) is 0 Å². The van der Waals surface area contributed by atoms with E-state index in [1.807, 2.05) is 0 Å². The maximum Gasteiger partial charge on any atom is 0.348 e. The number of methoxy groups -OCH3 is 2. The maximum absolute atomic E-state index is 13.8. The number of halogens is 2. The van der Waals surface area contributed by atoms with Crippen molar-refractivity contribution in [1.29, 1.82) is 0 Å². The van der Waals surface area contributed by atoms with Crippen LogP contribution in [0.5, 0.6) is 5.75 Å². The molecule has 27 heavy (non-hydrogen) atoms. The lowest BCUT2D eigenvalue weighted by Gasteiger charge is -2.03. The van der Waals surface area contributed by atoms with E-state index in [0.29, 0.717) is 26.2 Å². The lowest BCUT2D eigenvalue weighted by molar-refractivity contribution is 0.0605. The zero-order chi connectivity index (χ0) is 19.7. The lowest BCUT2D eigenvalue weighted by atomic mass is 10.2. The van der Waals surface area contributed by atoms with E-state index >= 15 is 0 Å². The largest absolute Gasteiger partial charge is 0.494 e. The van der Waals surface area contributed by atoms with Crippen LogP contribution in [-0.2, 0) is 4.74 Å². The van der Waals surface area contributed by atoms with Gasteiger partial charge in [-0.2, -0.15) is 0 Å². The molecule has 6 nitrogen and oxygen atoms in total. The minimum absolute atomic E-state index is 0.112. The molecule has 0 atom stereocenters. The first kappa shape index (κ1) is 19.1. The van der Waals surface area contributed by atoms with Crippen molar-refractivity contribution in [3.63, 3.8) is 0 Å². The van der Waals surface area contributed by atoms with Gasteiger partial charge in [-0.15, -0.1) is 11.3 Å². The van der Waals surface area contributed by atoms with Gasteiger partial charge in [0.2, 0.25) is 0 Å². The molecule has 0 aliphatic carbocycles. The molecule has 3 aromatic rings. The Kier molecular flexibility index (Phi) is 5.29. The maximum atomic E-state index is 13.8. The summed E-state index contributed by atoms with van der Waals surface area (Å²) in [7, 11) is 2.64. The Morgan fingerprint density at radius 1 is 1.37 bits per heavy atom. The topological polar surface area (TPSA) is 81.3 Å². The molecule has 0 unspecified atom stereocenters. The third-order valence-corrected chi connectivity index (χ3v) is 5.32. The second-order valence-corrected chi connectivity index (χ2v) is 6.93. The fraction of sp³-hybridized carbons (Fsp3) is 0.167. The Bertz CT molecular complexity index is 1140. The second kappa shape index (κ2) is 7.50. The molecule has 2 heterocycles. The number of thiophene rings is 1. The van der Waals surface area contributed by atoms with Gasteiger partial charge in [0, 0.05) is 0 Å². The van der Waals surface area contributed by atoms with Crippen molar-refractivity contribution in [3.8, 4) is 5.75 Å². The highest BCUT2D eigenvalue weighted by Crippen LogP contribution is 2.29. The van der Waals surface area contributed by atoms with Crippen LogP contribution in [0.3, 0.4) is 0 Å². The molecule has 1 N–H and O–H groups in total. The average Bonchev–Trinajstić information content (AvgIpc) is 2.98. The van der Waals surface area contributed by atoms with E-state index in [-0.39, 0.29) is 16.6 Å². The number of rotatable bonds is 4. The Balaban J connectivity index is 2.07. The molecule has 0 aliphatic heterocycles. The predicted molar refractivity (Wildman–Crippen MR) is 103 cm³/mol. The number of hydrogen-bond donors (Lipinski definition) is 1. The van der Waals surface area contributed by atoms with Crippen molar-refractivity contribution in [2.75, 3.05) is 14.2 Å². The summed E-state index contributed by atoms with van der Waals surface area (Å²) in [6.07, 6.45) is 1.47. The van der Waals surface area contributed by atoms with E-state index < -0.39 is 17.3 Å². The molecule has 0 saturated heterocycles. The smallest absolute Gasteiger partial charge is 0.348 e. The number of nitrogens with one attached hydrogen (secondary N) is 1. The van der Waals surface area contributed by atoms with Crippen molar-refractivity contribution >= 4 is 50.2 Å². The highest BCUT2D eigenvalue weighted by atomic mass is 35.5. The van der Waals surface area contributed by atoms with Crippen molar-refractivity contribution in [3.05, 3.63) is 56.2 Å². The van der Waals surface area contributed by atoms with Crippen LogP contribution in [0.25, 0.3) is 21.3 Å². The molecule has 0 radical (unpaired) electrons. The van der Waals surface area contributed by atoms with E-state index in [4.69, 9.17) is 21.1 Å². The van der Waals surface area contributed by atoms with Crippen LogP contribution in [-0.4, -0.2) is 30.2 Å². The summed E-state index contributed by atoms with van der Waals surface area (Å²) >= 11 is 7.31. The van der Waals surface area contributed by atoms with Gasteiger partial charge in [-0.05, 0) is 36.3 Å². The molecule has 2 aromatic heterocycles. The van der Waals surface area contributed by atoms with E-state index in [0.717, 1.165) is 11.3 Å². The van der Waals surface area contributed by atoms with E-state index in [1.54, 1.807) is 13.0 Å². The van der Waals surface area contributed by atoms with Crippen LogP contribution in [0.15, 0.2) is 23.0 Å². The molecule has 0 amide bonds. The van der Waals surface area contributed by atoms with Crippen LogP contribution >= 0.6 is 22.9 Å². The first-order chi connectivity index (χ1) is 12.8. The number of esters is 1. The van der Waals surface area contributed by atoms with Crippen LogP contribution < -0.4 is 10.3 Å². The van der Waals surface area contributed by atoms with Gasteiger partial charge >= 0.3 is 5.97 Å². The fourth-order valence-corrected chi connectivity index (χ4v) is 3.85. The number of carbonyl (C=O) groups excluding carboxylic acids is 1. The Labute approximate surface area is 162 Å². The number of nitrogens with zero attached hydrogens (tertiary/aromatic N) is 1. The summed E-state index contributed by atoms with van der Waals surface area (Å²) in [6.45, 7) is 1.65. The first-order valence-electron chi connectivity index (χ1n) is 7.68. The van der Waals surface area contributed by atoms with Gasteiger partial charge in [0.25, 0.3) is 5.56 Å². The highest BCUT2D eigenvalue weighted by molar-refractivity contribution is 7.20. The normalized spacial score (nSPS) is 11.7. The third kappa shape index (κ3) is 3.58. The number of ether oxygens (including phenoxy) is 2. The number of fused-ring (bicyclic) bond motifs is 1. The fourth-order valence-electron chi connectivity index (χ4n) is 2.53. The predicted octanol–water partition coefficient (Wildman–Crippen LogP) is 3.96. The number of carbonyl (C=O) groups is 1. The monoisotopic (exact) mass is 408 g/mol. The number of aromatic amines is 1. The number of hydrogen-bond acceptors (Lipinski definition) is 6. The molecular formula is C18H14ClFN2O4S. The number of H-pyrrole nitrogens is 1. The summed E-state index contributed by atoms with van der Waals surface area (Å²) < 4.78 is 23.4. The summed E-state index contributed by atoms with van der Waals surface area (Å²) in [5.41, 5.74) is 0.546. The average molecular weight is 409 g/mol. The number of benzene rings is 1. The molecule has 0 saturated carbocycles. The minimum atomic E-state index is -0.538. The van der Waals surface area contributed by atoms with Crippen molar-refractivity contribution < 1.29 is 18.7 Å². The molecule has 0 spiro atoms. The standard InChI is InChI=1S/C18H14ClFN2O4S/c1-8-13-16(23)21-15(22-17(13)27-14(8)18(24)26-3)10(19)6-9-4-5-12(25-2)11(20)7-9/h4-7H,1-3H3,(H,21,22,23)/b10-6-. The van der Waals surface area contributed by atoms with Gasteiger partial charge in [-0.1, -0.05) is 17.7 Å². The number of aryl methyl sites for hydroxylation is 1. The van der Waals surface area contributed by atoms with Gasteiger partial charge in [0.1, 0.15) is 9.71 Å². The summed E-state index contributed by atoms with van der Waals surface area (Å²) in [5.74, 6) is -0.847. The zero-order valence-corrected chi connectivity index (χ0v) is 16.1. The molecular weight excluding hydrogens is 395 g/mol. The molecule has 0 aliphatic rings. The molecule has 9 heteroatoms. The summed E-state index contributed by atoms with van der Waals surface area (Å²) in [4.78, 5) is 31.8. The zero-order valence-electron chi connectivity index (χ0n) is 14.6. The van der Waals surface area contributed by atoms with Gasteiger partial charge in [0.15, 0.2) is 17.4 Å². The van der Waals surface area contributed by atoms with Gasteiger partial charge in [-0.3, -0.25) is 4.79 Å². The number of aromatic nitrogens is 2. The quantitative estimate of drug-likeness (QED) is 0.661. The van der Waals surface area contributed by atoms with Gasteiger partial charge < -0.3 is 14.5 Å². The van der Waals surface area contributed by atoms with E-state index in [9.17, 15) is 14.0 Å². The second-order valence-electron chi connectivity index (χ2n) is 5.53. The van der Waals surface area contributed by atoms with Gasteiger partial charge in [0.05, 0.1) is 24.6 Å². The van der Waals surface area contributed by atoms with Crippen molar-refractivity contribution in [1.82, 2.24) is 9.97 Å². The lowest BCUT2D eigenvalue weighted by Crippen LogP contribution is -2.10. The summed E-state index contributed by atoms with van der Waals surface area (Å²) in [5, 5.41) is 0.424. The van der Waals surface area contributed by atoms with Crippen LogP contribution in [0.4, 0.5) is 4.39 Å². The van der Waals surface area contributed by atoms with E-state index in [2.05, 4.69) is 9.97 Å². The van der Waals surface area contributed by atoms with Gasteiger partial charge in [-0.25, -0.2) is 14.2 Å². The van der Waals surface area contributed by atoms with Crippen LogP contribution in [0, 0.1) is 12.7 Å². The molecule has 0 bridgehead atoms. The molecule has 1 aromatic carbocycles. The van der Waals surface area contributed by atoms with E-state index in [1.165, 1.54) is 32.4 Å². The highest BCUT2D eigenvalue weighted by Gasteiger charge is 2.20. The Morgan fingerprint density at radius 3 is 2.74 bits per heavy atom. The first-order valence-corrected chi connectivity index (χ1v) is 8.88. The van der Waals surface area contributed by atoms with Crippen molar-refractivity contribution in [2.45, 2.75) is 6.92 Å². The van der Waals surface area contributed by atoms with Crippen LogP contribution in [0.2, 0.25) is 0 Å².